The van der Waals surface area contributed by atoms with Gasteiger partial charge < -0.3 is 10.5 Å². The number of hydrogen-bond donors (Lipinski definition) is 1. The molecule has 2 N–H and O–H groups in total. The van der Waals surface area contributed by atoms with Crippen molar-refractivity contribution in [3.8, 4) is 11.3 Å². The molecule has 1 atom stereocenters. The van der Waals surface area contributed by atoms with Gasteiger partial charge in [-0.15, -0.1) is 0 Å². The first-order valence-electron chi connectivity index (χ1n) is 6.22. The van der Waals surface area contributed by atoms with Gasteiger partial charge in [-0.25, -0.2) is 9.97 Å². The van der Waals surface area contributed by atoms with Gasteiger partial charge in [-0.2, -0.15) is 0 Å². The van der Waals surface area contributed by atoms with E-state index in [4.69, 9.17) is 10.5 Å². The standard InChI is InChI=1S/C14H14BrN3O/c15-11-12(9-4-2-1-3-5-9)17-14(18-13(11)16)10-6-7-19-8-10/h1-5,10H,6-8H2,(H2,16,17,18). The minimum Gasteiger partial charge on any atom is -0.383 e. The van der Waals surface area contributed by atoms with Gasteiger partial charge in [-0.05, 0) is 22.4 Å². The van der Waals surface area contributed by atoms with Crippen molar-refractivity contribution < 1.29 is 4.74 Å². The van der Waals surface area contributed by atoms with Crippen LogP contribution in [0, 0.1) is 0 Å². The first kappa shape index (κ1) is 12.6. The molecule has 0 saturated carbocycles. The van der Waals surface area contributed by atoms with E-state index in [0.717, 1.165) is 34.6 Å². The number of nitrogens with two attached hydrogens (primary N) is 1. The van der Waals surface area contributed by atoms with E-state index >= 15 is 0 Å². The molecule has 0 amide bonds. The van der Waals surface area contributed by atoms with Crippen LogP contribution in [-0.2, 0) is 4.74 Å². The molecule has 1 saturated heterocycles. The van der Waals surface area contributed by atoms with Gasteiger partial charge in [0, 0.05) is 18.1 Å². The Morgan fingerprint density at radius 3 is 2.68 bits per heavy atom. The summed E-state index contributed by atoms with van der Waals surface area (Å²) in [4.78, 5) is 9.05. The van der Waals surface area contributed by atoms with Gasteiger partial charge in [-0.1, -0.05) is 30.3 Å². The lowest BCUT2D eigenvalue weighted by atomic mass is 10.1. The third-order valence-electron chi connectivity index (χ3n) is 3.24. The number of nitrogens with zero attached hydrogens (tertiary/aromatic N) is 2. The molecule has 0 bridgehead atoms. The average molecular weight is 320 g/mol. The fraction of sp³-hybridized carbons (Fsp3) is 0.286. The van der Waals surface area contributed by atoms with Crippen molar-refractivity contribution in [2.24, 2.45) is 0 Å². The first-order chi connectivity index (χ1) is 9.25. The Labute approximate surface area is 120 Å². The van der Waals surface area contributed by atoms with Crippen LogP contribution in [0.1, 0.15) is 18.2 Å². The zero-order chi connectivity index (χ0) is 13.2. The lowest BCUT2D eigenvalue weighted by Gasteiger charge is -2.12. The Kier molecular flexibility index (Phi) is 3.48. The van der Waals surface area contributed by atoms with Crippen molar-refractivity contribution in [2.75, 3.05) is 18.9 Å². The zero-order valence-electron chi connectivity index (χ0n) is 10.3. The molecule has 1 aliphatic heterocycles. The fourth-order valence-corrected chi connectivity index (χ4v) is 2.60. The van der Waals surface area contributed by atoms with Gasteiger partial charge in [0.1, 0.15) is 11.6 Å². The van der Waals surface area contributed by atoms with Crippen LogP contribution < -0.4 is 5.73 Å². The van der Waals surface area contributed by atoms with Crippen LogP contribution in [-0.4, -0.2) is 23.2 Å². The number of nitrogen functional groups attached to an aromatic ring is 1. The monoisotopic (exact) mass is 319 g/mol. The Balaban J connectivity index is 2.08. The summed E-state index contributed by atoms with van der Waals surface area (Å²) in [5.74, 6) is 1.51. The van der Waals surface area contributed by atoms with Crippen LogP contribution in [0.25, 0.3) is 11.3 Å². The smallest absolute Gasteiger partial charge is 0.142 e. The number of ether oxygens (including phenoxy) is 1. The molecule has 4 nitrogen and oxygen atoms in total. The molecule has 1 aromatic heterocycles. The normalized spacial score (nSPS) is 18.7. The summed E-state index contributed by atoms with van der Waals surface area (Å²) in [6.45, 7) is 1.44. The van der Waals surface area contributed by atoms with E-state index in [1.54, 1.807) is 0 Å². The highest BCUT2D eigenvalue weighted by molar-refractivity contribution is 9.10. The number of rotatable bonds is 2. The van der Waals surface area contributed by atoms with E-state index in [1.165, 1.54) is 0 Å². The van der Waals surface area contributed by atoms with Crippen LogP contribution in [0.4, 0.5) is 5.82 Å². The highest BCUT2D eigenvalue weighted by Crippen LogP contribution is 2.32. The summed E-state index contributed by atoms with van der Waals surface area (Å²) in [6, 6.07) is 9.98. The van der Waals surface area contributed by atoms with Crippen molar-refractivity contribution in [1.82, 2.24) is 9.97 Å². The van der Waals surface area contributed by atoms with E-state index in [-0.39, 0.29) is 5.92 Å². The first-order valence-corrected chi connectivity index (χ1v) is 7.01. The van der Waals surface area contributed by atoms with Crippen molar-refractivity contribution in [1.29, 1.82) is 0 Å². The Morgan fingerprint density at radius 2 is 2.00 bits per heavy atom. The highest BCUT2D eigenvalue weighted by Gasteiger charge is 2.23. The molecule has 2 heterocycles. The summed E-state index contributed by atoms with van der Waals surface area (Å²) in [5, 5.41) is 0. The number of aromatic nitrogens is 2. The van der Waals surface area contributed by atoms with Gasteiger partial charge in [0.2, 0.25) is 0 Å². The second-order valence-corrected chi connectivity index (χ2v) is 5.35. The van der Waals surface area contributed by atoms with Crippen molar-refractivity contribution >= 4 is 21.7 Å². The molecule has 1 aromatic carbocycles. The summed E-state index contributed by atoms with van der Waals surface area (Å²) < 4.78 is 6.15. The molecule has 0 radical (unpaired) electrons. The van der Waals surface area contributed by atoms with Crippen molar-refractivity contribution in [3.63, 3.8) is 0 Å². The molecular weight excluding hydrogens is 306 g/mol. The number of anilines is 1. The Hall–Kier alpha value is -1.46. The highest BCUT2D eigenvalue weighted by atomic mass is 79.9. The largest absolute Gasteiger partial charge is 0.383 e. The summed E-state index contributed by atoms with van der Waals surface area (Å²) in [7, 11) is 0. The van der Waals surface area contributed by atoms with Crippen molar-refractivity contribution in [3.05, 3.63) is 40.6 Å². The zero-order valence-corrected chi connectivity index (χ0v) is 11.9. The molecule has 19 heavy (non-hydrogen) atoms. The number of benzene rings is 1. The Bertz CT molecular complexity index is 583. The van der Waals surface area contributed by atoms with Gasteiger partial charge in [-0.3, -0.25) is 0 Å². The lowest BCUT2D eigenvalue weighted by molar-refractivity contribution is 0.193. The Morgan fingerprint density at radius 1 is 1.21 bits per heavy atom. The fourth-order valence-electron chi connectivity index (χ4n) is 2.19. The molecule has 0 aliphatic carbocycles. The van der Waals surface area contributed by atoms with Crippen LogP contribution in [0.3, 0.4) is 0 Å². The lowest BCUT2D eigenvalue weighted by Crippen LogP contribution is -2.08. The second-order valence-electron chi connectivity index (χ2n) is 4.56. The van der Waals surface area contributed by atoms with Gasteiger partial charge >= 0.3 is 0 Å². The minimum absolute atomic E-state index is 0.248. The molecule has 1 unspecified atom stereocenters. The SMILES string of the molecule is Nc1nc(C2CCOC2)nc(-c2ccccc2)c1Br. The summed E-state index contributed by atoms with van der Waals surface area (Å²) >= 11 is 3.48. The van der Waals surface area contributed by atoms with Crippen LogP contribution in [0.5, 0.6) is 0 Å². The summed E-state index contributed by atoms with van der Waals surface area (Å²) in [5.41, 5.74) is 7.86. The van der Waals surface area contributed by atoms with Crippen LogP contribution >= 0.6 is 15.9 Å². The van der Waals surface area contributed by atoms with E-state index in [9.17, 15) is 0 Å². The van der Waals surface area contributed by atoms with Crippen LogP contribution in [0.2, 0.25) is 0 Å². The maximum atomic E-state index is 5.99. The molecule has 5 heteroatoms. The second kappa shape index (κ2) is 5.27. The quantitative estimate of drug-likeness (QED) is 0.924. The maximum Gasteiger partial charge on any atom is 0.142 e. The molecule has 3 rings (SSSR count). The third kappa shape index (κ3) is 2.48. The molecule has 2 aromatic rings. The van der Waals surface area contributed by atoms with Gasteiger partial charge in [0.15, 0.2) is 0 Å². The minimum atomic E-state index is 0.248. The summed E-state index contributed by atoms with van der Waals surface area (Å²) in [6.07, 6.45) is 0.954. The topological polar surface area (TPSA) is 61.0 Å². The average Bonchev–Trinajstić information content (AvgIpc) is 2.97. The van der Waals surface area contributed by atoms with E-state index in [2.05, 4.69) is 25.9 Å². The van der Waals surface area contributed by atoms with Crippen LogP contribution in [0.15, 0.2) is 34.8 Å². The third-order valence-corrected chi connectivity index (χ3v) is 4.02. The predicted molar refractivity (Wildman–Crippen MR) is 77.8 cm³/mol. The molecular formula is C14H14BrN3O. The maximum absolute atomic E-state index is 5.99. The number of halogens is 1. The van der Waals surface area contributed by atoms with E-state index in [0.29, 0.717) is 12.4 Å². The molecule has 1 fully saturated rings. The van der Waals surface area contributed by atoms with Gasteiger partial charge in [0.05, 0.1) is 16.8 Å². The van der Waals surface area contributed by atoms with E-state index < -0.39 is 0 Å². The van der Waals surface area contributed by atoms with Gasteiger partial charge in [0.25, 0.3) is 0 Å². The predicted octanol–water partition coefficient (Wildman–Crippen LogP) is 2.99. The molecule has 1 aliphatic rings. The number of hydrogen-bond acceptors (Lipinski definition) is 4. The molecule has 98 valence electrons. The van der Waals surface area contributed by atoms with Crippen molar-refractivity contribution in [2.45, 2.75) is 12.3 Å². The molecule has 0 spiro atoms. The van der Waals surface area contributed by atoms with E-state index in [1.807, 2.05) is 30.3 Å².